The highest BCUT2D eigenvalue weighted by atomic mass is 32.1. The number of alkyl halides is 2. The fourth-order valence-corrected chi connectivity index (χ4v) is 7.32. The number of ether oxygens (including phenoxy) is 1. The Labute approximate surface area is 253 Å². The first-order valence-corrected chi connectivity index (χ1v) is 15.7. The Morgan fingerprint density at radius 3 is 2.79 bits per heavy atom. The molecule has 43 heavy (non-hydrogen) atoms. The number of likely N-dealkylation sites (tertiary alicyclic amines) is 1. The number of nitrogens with one attached hydrogen (secondary N) is 2. The maximum atomic E-state index is 14.1. The molecule has 0 saturated carbocycles. The number of aliphatic hydroxyl groups is 1. The van der Waals surface area contributed by atoms with Crippen molar-refractivity contribution in [2.24, 2.45) is 0 Å². The summed E-state index contributed by atoms with van der Waals surface area (Å²) in [5.74, 6) is -3.10. The molecule has 2 amide bonds. The zero-order valence-electron chi connectivity index (χ0n) is 24.0. The topological polar surface area (TPSA) is 104 Å². The molecule has 3 aliphatic heterocycles. The first-order chi connectivity index (χ1) is 20.7. The molecule has 6 rings (SSSR count). The number of aromatic nitrogens is 1. The summed E-state index contributed by atoms with van der Waals surface area (Å²) in [4.78, 5) is 34.4. The lowest BCUT2D eigenvalue weighted by molar-refractivity contribution is 0.0112. The van der Waals surface area contributed by atoms with Gasteiger partial charge in [0.15, 0.2) is 0 Å². The van der Waals surface area contributed by atoms with Crippen LogP contribution in [-0.2, 0) is 12.8 Å². The van der Waals surface area contributed by atoms with Gasteiger partial charge < -0.3 is 25.4 Å². The first kappa shape index (κ1) is 29.7. The van der Waals surface area contributed by atoms with Crippen molar-refractivity contribution >= 4 is 23.2 Å². The maximum absolute atomic E-state index is 14.1. The first-order valence-electron chi connectivity index (χ1n) is 14.9. The van der Waals surface area contributed by atoms with Crippen molar-refractivity contribution in [2.75, 3.05) is 19.7 Å². The summed E-state index contributed by atoms with van der Waals surface area (Å²) in [6.07, 6.45) is 1.57. The number of carbonyl (C=O) groups is 2. The van der Waals surface area contributed by atoms with Crippen molar-refractivity contribution in [3.05, 3.63) is 80.8 Å². The zero-order chi connectivity index (χ0) is 30.1. The molecule has 2 fully saturated rings. The van der Waals surface area contributed by atoms with Crippen molar-refractivity contribution in [3.63, 3.8) is 0 Å². The second kappa shape index (κ2) is 12.3. The van der Waals surface area contributed by atoms with Crippen LogP contribution in [0.4, 0.5) is 8.78 Å². The van der Waals surface area contributed by atoms with Gasteiger partial charge >= 0.3 is 0 Å². The van der Waals surface area contributed by atoms with Crippen molar-refractivity contribution in [1.82, 2.24) is 20.5 Å². The third-order valence-corrected chi connectivity index (χ3v) is 9.61. The van der Waals surface area contributed by atoms with Crippen LogP contribution in [0, 0.1) is 6.92 Å². The van der Waals surface area contributed by atoms with Crippen molar-refractivity contribution in [1.29, 1.82) is 0 Å². The summed E-state index contributed by atoms with van der Waals surface area (Å²) < 4.78 is 33.9. The number of amides is 2. The Morgan fingerprint density at radius 1 is 1.26 bits per heavy atom. The Morgan fingerprint density at radius 2 is 2.07 bits per heavy atom. The van der Waals surface area contributed by atoms with Gasteiger partial charge in [0.25, 0.3) is 17.7 Å². The monoisotopic (exact) mass is 610 g/mol. The molecule has 0 unspecified atom stereocenters. The number of hydrogen-bond donors (Lipinski definition) is 3. The Bertz CT molecular complexity index is 1480. The molecule has 4 atom stereocenters. The third kappa shape index (κ3) is 6.44. The molecule has 228 valence electrons. The van der Waals surface area contributed by atoms with E-state index in [1.165, 1.54) is 0 Å². The summed E-state index contributed by atoms with van der Waals surface area (Å²) in [5.41, 5.74) is 3.21. The molecule has 2 aromatic carbocycles. The van der Waals surface area contributed by atoms with Gasteiger partial charge in [-0.1, -0.05) is 30.3 Å². The molecule has 0 radical (unpaired) electrons. The minimum atomic E-state index is -2.93. The van der Waals surface area contributed by atoms with Crippen LogP contribution in [0.5, 0.6) is 5.75 Å². The van der Waals surface area contributed by atoms with E-state index >= 15 is 0 Å². The molecule has 0 aliphatic carbocycles. The van der Waals surface area contributed by atoms with E-state index in [0.29, 0.717) is 30.9 Å². The Kier molecular flexibility index (Phi) is 8.48. The van der Waals surface area contributed by atoms with Gasteiger partial charge in [0, 0.05) is 46.8 Å². The van der Waals surface area contributed by atoms with Gasteiger partial charge in [0.2, 0.25) is 0 Å². The Balaban J connectivity index is 1.29. The SMILES string of the molecule is Cc1csc([C@H]2CCCN2C(=O)c2cc(C(=O)N[C@@H](Cc3ccccc3)[C@H](O)[C@H]3CC(F)(F)CN3)cc3c2CCCO3)n1. The van der Waals surface area contributed by atoms with Crippen molar-refractivity contribution < 1.29 is 28.2 Å². The maximum Gasteiger partial charge on any atom is 0.261 e. The summed E-state index contributed by atoms with van der Waals surface area (Å²) in [6.45, 7) is 2.49. The van der Waals surface area contributed by atoms with Gasteiger partial charge in [-0.25, -0.2) is 13.8 Å². The number of aryl methyl sites for hydroxylation is 1. The molecular formula is C32H36F2N4O4S. The van der Waals surface area contributed by atoms with Crippen molar-refractivity contribution in [3.8, 4) is 5.75 Å². The third-order valence-electron chi connectivity index (χ3n) is 8.55. The summed E-state index contributed by atoms with van der Waals surface area (Å²) in [5, 5.41) is 19.7. The lowest BCUT2D eigenvalue weighted by Gasteiger charge is -2.29. The van der Waals surface area contributed by atoms with E-state index in [9.17, 15) is 23.5 Å². The second-order valence-corrected chi connectivity index (χ2v) is 12.6. The van der Waals surface area contributed by atoms with Gasteiger partial charge in [0.05, 0.1) is 31.3 Å². The smallest absolute Gasteiger partial charge is 0.261 e. The molecule has 11 heteroatoms. The summed E-state index contributed by atoms with van der Waals surface area (Å²) in [7, 11) is 0. The van der Waals surface area contributed by atoms with Crippen LogP contribution in [0.1, 0.15) is 74.3 Å². The zero-order valence-corrected chi connectivity index (χ0v) is 24.8. The number of halogens is 2. The largest absolute Gasteiger partial charge is 0.493 e. The average Bonchev–Trinajstić information content (AvgIpc) is 3.75. The standard InChI is InChI=1S/C32H36F2N4O4S/c1-19-17-43-30(36-19)26-10-5-11-38(26)31(41)23-14-21(15-27-22(23)9-6-12-42-27)29(40)37-24(13-20-7-3-2-4-8-20)28(39)25-16-32(33,34)18-35-25/h2-4,7-8,14-15,17,24-26,28,35,39H,5-6,9-13,16,18H2,1H3,(H,37,40)/t24-,25+,26+,28-/m0/s1. The van der Waals surface area contributed by atoms with Gasteiger partial charge in [0.1, 0.15) is 10.8 Å². The molecule has 0 spiro atoms. The molecule has 4 heterocycles. The summed E-state index contributed by atoms with van der Waals surface area (Å²) in [6, 6.07) is 10.7. The molecule has 3 N–H and O–H groups in total. The second-order valence-electron chi connectivity index (χ2n) is 11.7. The number of thiazole rings is 1. The van der Waals surface area contributed by atoms with Gasteiger partial charge in [-0.15, -0.1) is 11.3 Å². The number of aliphatic hydroxyl groups excluding tert-OH is 1. The number of fused-ring (bicyclic) bond motifs is 1. The van der Waals surface area contributed by atoms with Crippen LogP contribution in [0.25, 0.3) is 0 Å². The van der Waals surface area contributed by atoms with E-state index in [1.807, 2.05) is 47.5 Å². The van der Waals surface area contributed by atoms with Crippen LogP contribution in [0.15, 0.2) is 47.8 Å². The van der Waals surface area contributed by atoms with E-state index in [4.69, 9.17) is 4.74 Å². The molecule has 1 aromatic heterocycles. The molecule has 2 saturated heterocycles. The number of carbonyl (C=O) groups excluding carboxylic acids is 2. The minimum Gasteiger partial charge on any atom is -0.493 e. The van der Waals surface area contributed by atoms with Crippen LogP contribution < -0.4 is 15.4 Å². The van der Waals surface area contributed by atoms with E-state index in [1.54, 1.807) is 23.5 Å². The molecular weight excluding hydrogens is 574 g/mol. The van der Waals surface area contributed by atoms with E-state index < -0.39 is 43.0 Å². The predicted molar refractivity (Wildman–Crippen MR) is 159 cm³/mol. The van der Waals surface area contributed by atoms with Gasteiger partial charge in [-0.05, 0) is 56.7 Å². The highest BCUT2D eigenvalue weighted by Gasteiger charge is 2.44. The van der Waals surface area contributed by atoms with Crippen LogP contribution in [0.3, 0.4) is 0 Å². The molecule has 0 bridgehead atoms. The van der Waals surface area contributed by atoms with Gasteiger partial charge in [-0.2, -0.15) is 0 Å². The molecule has 3 aliphatic rings. The number of rotatable bonds is 8. The van der Waals surface area contributed by atoms with Crippen LogP contribution >= 0.6 is 11.3 Å². The normalized spacial score (nSPS) is 22.5. The highest BCUT2D eigenvalue weighted by Crippen LogP contribution is 2.37. The van der Waals surface area contributed by atoms with Crippen molar-refractivity contribution in [2.45, 2.75) is 75.6 Å². The summed E-state index contributed by atoms with van der Waals surface area (Å²) >= 11 is 1.55. The molecule has 3 aromatic rings. The Hall–Kier alpha value is -3.41. The lowest BCUT2D eigenvalue weighted by atomic mass is 9.93. The van der Waals surface area contributed by atoms with Crippen LogP contribution in [-0.4, -0.2) is 70.6 Å². The number of hydrogen-bond acceptors (Lipinski definition) is 7. The highest BCUT2D eigenvalue weighted by molar-refractivity contribution is 7.09. The minimum absolute atomic E-state index is 0.119. The lowest BCUT2D eigenvalue weighted by Crippen LogP contribution is -2.52. The number of nitrogens with zero attached hydrogens (tertiary/aromatic N) is 2. The van der Waals surface area contributed by atoms with Gasteiger partial charge in [-0.3, -0.25) is 9.59 Å². The van der Waals surface area contributed by atoms with E-state index in [2.05, 4.69) is 15.6 Å². The molecule has 8 nitrogen and oxygen atoms in total. The van der Waals surface area contributed by atoms with E-state index in [0.717, 1.165) is 41.1 Å². The fraction of sp³-hybridized carbons (Fsp3) is 0.469. The predicted octanol–water partition coefficient (Wildman–Crippen LogP) is 4.45. The average molecular weight is 611 g/mol. The van der Waals surface area contributed by atoms with Crippen LogP contribution in [0.2, 0.25) is 0 Å². The number of benzene rings is 2. The quantitative estimate of drug-likeness (QED) is 0.348. The fourth-order valence-electron chi connectivity index (χ4n) is 6.38. The van der Waals surface area contributed by atoms with E-state index in [-0.39, 0.29) is 23.9 Å².